The van der Waals surface area contributed by atoms with Crippen LogP contribution >= 0.6 is 0 Å². The summed E-state index contributed by atoms with van der Waals surface area (Å²) in [5.74, 6) is 0. The molecule has 0 aromatic heterocycles. The first-order valence-electron chi connectivity index (χ1n) is 6.40. The Kier molecular flexibility index (Phi) is 4.13. The molecule has 1 aromatic rings. The van der Waals surface area contributed by atoms with Gasteiger partial charge in [0.15, 0.2) is 0 Å². The van der Waals surface area contributed by atoms with Crippen LogP contribution in [0.5, 0.6) is 0 Å². The van der Waals surface area contributed by atoms with Gasteiger partial charge in [-0.15, -0.1) is 0 Å². The van der Waals surface area contributed by atoms with Crippen LogP contribution in [0.25, 0.3) is 0 Å². The van der Waals surface area contributed by atoms with E-state index in [1.165, 1.54) is 0 Å². The number of anilines is 1. The number of nitrogens with zero attached hydrogens (tertiary/aromatic N) is 2. The van der Waals surface area contributed by atoms with Crippen molar-refractivity contribution in [2.75, 3.05) is 39.1 Å². The van der Waals surface area contributed by atoms with Crippen LogP contribution in [0.4, 0.5) is 5.69 Å². The van der Waals surface area contributed by atoms with Gasteiger partial charge in [-0.25, -0.2) is 8.42 Å². The standard InChI is InChI=1S/C13H21N3O2S/c1-14-11-8-9-16(10-11)19(17,18)13-6-4-12(5-7-13)15(2)3/h4-7,11,14H,8-10H2,1-3H3. The number of rotatable bonds is 4. The molecule has 1 unspecified atom stereocenters. The Bertz CT molecular complexity index is 525. The van der Waals surface area contributed by atoms with Crippen LogP contribution in [0, 0.1) is 0 Å². The third kappa shape index (κ3) is 2.91. The van der Waals surface area contributed by atoms with Crippen LogP contribution in [-0.4, -0.2) is 53.0 Å². The fourth-order valence-electron chi connectivity index (χ4n) is 2.25. The lowest BCUT2D eigenvalue weighted by Crippen LogP contribution is -2.33. The second-order valence-electron chi connectivity index (χ2n) is 5.03. The molecule has 0 spiro atoms. The fraction of sp³-hybridized carbons (Fsp3) is 0.538. The van der Waals surface area contributed by atoms with Crippen LogP contribution < -0.4 is 10.2 Å². The summed E-state index contributed by atoms with van der Waals surface area (Å²) in [4.78, 5) is 2.32. The van der Waals surface area contributed by atoms with E-state index in [1.54, 1.807) is 16.4 Å². The van der Waals surface area contributed by atoms with Crippen molar-refractivity contribution in [1.82, 2.24) is 9.62 Å². The van der Waals surface area contributed by atoms with E-state index < -0.39 is 10.0 Å². The highest BCUT2D eigenvalue weighted by atomic mass is 32.2. The minimum Gasteiger partial charge on any atom is -0.378 e. The summed E-state index contributed by atoms with van der Waals surface area (Å²) in [6.45, 7) is 1.14. The highest BCUT2D eigenvalue weighted by molar-refractivity contribution is 7.89. The third-order valence-corrected chi connectivity index (χ3v) is 5.43. The molecule has 0 saturated carbocycles. The molecule has 5 nitrogen and oxygen atoms in total. The molecule has 1 atom stereocenters. The second kappa shape index (κ2) is 5.48. The normalized spacial score (nSPS) is 20.7. The minimum atomic E-state index is -3.35. The highest BCUT2D eigenvalue weighted by Gasteiger charge is 2.31. The summed E-state index contributed by atoms with van der Waals surface area (Å²) in [5.41, 5.74) is 0.994. The molecule has 1 aliphatic heterocycles. The maximum Gasteiger partial charge on any atom is 0.243 e. The van der Waals surface area contributed by atoms with Crippen LogP contribution in [0.1, 0.15) is 6.42 Å². The van der Waals surface area contributed by atoms with Crippen molar-refractivity contribution in [3.8, 4) is 0 Å². The maximum absolute atomic E-state index is 12.5. The number of nitrogens with one attached hydrogen (secondary N) is 1. The molecule has 0 bridgehead atoms. The van der Waals surface area contributed by atoms with Gasteiger partial charge in [-0.1, -0.05) is 0 Å². The van der Waals surface area contributed by atoms with Gasteiger partial charge in [0.25, 0.3) is 0 Å². The zero-order valence-corrected chi connectivity index (χ0v) is 12.4. The third-order valence-electron chi connectivity index (χ3n) is 3.55. The quantitative estimate of drug-likeness (QED) is 0.885. The SMILES string of the molecule is CNC1CCN(S(=O)(=O)c2ccc(N(C)C)cc2)C1. The van der Waals surface area contributed by atoms with Gasteiger partial charge in [0, 0.05) is 38.9 Å². The van der Waals surface area contributed by atoms with Crippen LogP contribution in [-0.2, 0) is 10.0 Å². The van der Waals surface area contributed by atoms with E-state index in [4.69, 9.17) is 0 Å². The summed E-state index contributed by atoms with van der Waals surface area (Å²) in [6, 6.07) is 7.28. The van der Waals surface area contributed by atoms with Crippen LogP contribution in [0.3, 0.4) is 0 Å². The highest BCUT2D eigenvalue weighted by Crippen LogP contribution is 2.23. The first kappa shape index (κ1) is 14.3. The van der Waals surface area contributed by atoms with Gasteiger partial charge in [-0.05, 0) is 37.7 Å². The van der Waals surface area contributed by atoms with Gasteiger partial charge in [0.2, 0.25) is 10.0 Å². The van der Waals surface area contributed by atoms with Crippen molar-refractivity contribution in [2.24, 2.45) is 0 Å². The lowest BCUT2D eigenvalue weighted by Gasteiger charge is -2.18. The van der Waals surface area contributed by atoms with Crippen molar-refractivity contribution in [2.45, 2.75) is 17.4 Å². The number of sulfonamides is 1. The molecule has 0 aliphatic carbocycles. The summed E-state index contributed by atoms with van der Waals surface area (Å²) in [5, 5.41) is 3.13. The maximum atomic E-state index is 12.5. The monoisotopic (exact) mass is 283 g/mol. The predicted molar refractivity (Wildman–Crippen MR) is 77.0 cm³/mol. The number of hydrogen-bond donors (Lipinski definition) is 1. The van der Waals surface area contributed by atoms with Gasteiger partial charge in [-0.3, -0.25) is 0 Å². The number of likely N-dealkylation sites (N-methyl/N-ethyl adjacent to an activating group) is 1. The molecule has 0 amide bonds. The summed E-state index contributed by atoms with van der Waals surface area (Å²) in [7, 11) is 2.38. The molecule has 1 aliphatic rings. The Morgan fingerprint density at radius 1 is 1.26 bits per heavy atom. The Balaban J connectivity index is 2.20. The Morgan fingerprint density at radius 2 is 1.89 bits per heavy atom. The van der Waals surface area contributed by atoms with Crippen LogP contribution in [0.15, 0.2) is 29.2 Å². The molecule has 6 heteroatoms. The largest absolute Gasteiger partial charge is 0.378 e. The number of benzene rings is 1. The molecular formula is C13H21N3O2S. The van der Waals surface area contributed by atoms with E-state index in [-0.39, 0.29) is 6.04 Å². The average Bonchev–Trinajstić information content (AvgIpc) is 2.88. The average molecular weight is 283 g/mol. The predicted octanol–water partition coefficient (Wildman–Crippen LogP) is 0.735. The lowest BCUT2D eigenvalue weighted by molar-refractivity contribution is 0.464. The van der Waals surface area contributed by atoms with Gasteiger partial charge < -0.3 is 10.2 Å². The fourth-order valence-corrected chi connectivity index (χ4v) is 3.75. The second-order valence-corrected chi connectivity index (χ2v) is 6.96. The van der Waals surface area contributed by atoms with Gasteiger partial charge >= 0.3 is 0 Å². The van der Waals surface area contributed by atoms with E-state index in [2.05, 4.69) is 5.32 Å². The topological polar surface area (TPSA) is 52.7 Å². The van der Waals surface area contributed by atoms with E-state index in [9.17, 15) is 8.42 Å². The van der Waals surface area contributed by atoms with Crippen molar-refractivity contribution >= 4 is 15.7 Å². The molecule has 0 radical (unpaired) electrons. The molecule has 106 valence electrons. The molecular weight excluding hydrogens is 262 g/mol. The van der Waals surface area contributed by atoms with Crippen molar-refractivity contribution in [3.63, 3.8) is 0 Å². The molecule has 1 heterocycles. The minimum absolute atomic E-state index is 0.260. The first-order valence-corrected chi connectivity index (χ1v) is 7.84. The Morgan fingerprint density at radius 3 is 2.37 bits per heavy atom. The van der Waals surface area contributed by atoms with E-state index >= 15 is 0 Å². The summed E-state index contributed by atoms with van der Waals surface area (Å²) in [6.07, 6.45) is 0.867. The lowest BCUT2D eigenvalue weighted by atomic mass is 10.3. The first-order chi connectivity index (χ1) is 8.95. The molecule has 19 heavy (non-hydrogen) atoms. The molecule has 1 saturated heterocycles. The number of hydrogen-bond acceptors (Lipinski definition) is 4. The zero-order chi connectivity index (χ0) is 14.0. The van der Waals surface area contributed by atoms with Crippen molar-refractivity contribution < 1.29 is 8.42 Å². The Hall–Kier alpha value is -1.11. The van der Waals surface area contributed by atoms with Crippen LogP contribution in [0.2, 0.25) is 0 Å². The van der Waals surface area contributed by atoms with Gasteiger partial charge in [-0.2, -0.15) is 4.31 Å². The molecule has 1 N–H and O–H groups in total. The van der Waals surface area contributed by atoms with E-state index in [0.717, 1.165) is 12.1 Å². The summed E-state index contributed by atoms with van der Waals surface area (Å²) < 4.78 is 26.5. The van der Waals surface area contributed by atoms with Gasteiger partial charge in [0.1, 0.15) is 0 Å². The van der Waals surface area contributed by atoms with E-state index in [1.807, 2.05) is 38.2 Å². The van der Waals surface area contributed by atoms with E-state index in [0.29, 0.717) is 18.0 Å². The van der Waals surface area contributed by atoms with Crippen molar-refractivity contribution in [1.29, 1.82) is 0 Å². The van der Waals surface area contributed by atoms with Crippen molar-refractivity contribution in [3.05, 3.63) is 24.3 Å². The zero-order valence-electron chi connectivity index (χ0n) is 11.6. The molecule has 2 rings (SSSR count). The summed E-state index contributed by atoms with van der Waals surface area (Å²) >= 11 is 0. The molecule has 1 fully saturated rings. The molecule has 1 aromatic carbocycles. The Labute approximate surface area is 115 Å². The van der Waals surface area contributed by atoms with Gasteiger partial charge in [0.05, 0.1) is 4.90 Å². The smallest absolute Gasteiger partial charge is 0.243 e.